The first kappa shape index (κ1) is 19.1. The van der Waals surface area contributed by atoms with Gasteiger partial charge >= 0.3 is 0 Å². The molecule has 1 aliphatic carbocycles. The van der Waals surface area contributed by atoms with E-state index in [0.29, 0.717) is 23.5 Å². The topological polar surface area (TPSA) is 59.3 Å². The summed E-state index contributed by atoms with van der Waals surface area (Å²) in [6.45, 7) is 0. The van der Waals surface area contributed by atoms with E-state index in [2.05, 4.69) is 6.07 Å². The molecular weight excluding hydrogens is 358 g/mol. The molecule has 0 amide bonds. The molecule has 2 aromatic carbocycles. The number of ether oxygens (including phenoxy) is 2. The van der Waals surface area contributed by atoms with E-state index in [1.54, 1.807) is 26.4 Å². The molecule has 4 nitrogen and oxygen atoms in total. The number of allylic oxidation sites excluding steroid dienone is 2. The maximum atomic E-state index is 13.1. The summed E-state index contributed by atoms with van der Waals surface area (Å²) in [5, 5.41) is 9.88. The lowest BCUT2D eigenvalue weighted by molar-refractivity contribution is 0.0929. The molecule has 0 saturated carbocycles. The molecule has 138 valence electrons. The normalized spacial score (nSPS) is 16.8. The Kier molecular flexibility index (Phi) is 5.88. The van der Waals surface area contributed by atoms with Crippen LogP contribution in [0.4, 0.5) is 0 Å². The van der Waals surface area contributed by atoms with Gasteiger partial charge in [-0.25, -0.2) is 0 Å². The van der Waals surface area contributed by atoms with Gasteiger partial charge in [-0.2, -0.15) is 5.26 Å². The van der Waals surface area contributed by atoms with E-state index in [-0.39, 0.29) is 11.7 Å². The van der Waals surface area contributed by atoms with E-state index in [4.69, 9.17) is 9.47 Å². The molecule has 0 bridgehead atoms. The number of hydrogen-bond acceptors (Lipinski definition) is 5. The van der Waals surface area contributed by atoms with Crippen molar-refractivity contribution in [3.05, 3.63) is 64.1 Å². The molecule has 1 unspecified atom stereocenters. The van der Waals surface area contributed by atoms with Crippen molar-refractivity contribution in [2.45, 2.75) is 12.8 Å². The van der Waals surface area contributed by atoms with Crippen molar-refractivity contribution in [1.82, 2.24) is 0 Å². The van der Waals surface area contributed by atoms with Gasteiger partial charge < -0.3 is 9.47 Å². The van der Waals surface area contributed by atoms with Crippen LogP contribution in [0.1, 0.15) is 27.9 Å². The zero-order valence-corrected chi connectivity index (χ0v) is 16.4. The van der Waals surface area contributed by atoms with Crippen molar-refractivity contribution < 1.29 is 14.3 Å². The maximum Gasteiger partial charge on any atom is 0.171 e. The van der Waals surface area contributed by atoms with E-state index in [1.807, 2.05) is 36.6 Å². The van der Waals surface area contributed by atoms with Crippen molar-refractivity contribution in [3.63, 3.8) is 0 Å². The lowest BCUT2D eigenvalue weighted by atomic mass is 9.81. The molecule has 1 atom stereocenters. The monoisotopic (exact) mass is 379 g/mol. The van der Waals surface area contributed by atoms with Crippen molar-refractivity contribution in [2.75, 3.05) is 20.5 Å². The predicted octanol–water partition coefficient (Wildman–Crippen LogP) is 4.75. The van der Waals surface area contributed by atoms with Gasteiger partial charge in [-0.15, -0.1) is 11.8 Å². The Bertz CT molecular complexity index is 943. The molecule has 0 radical (unpaired) electrons. The summed E-state index contributed by atoms with van der Waals surface area (Å²) in [6.07, 6.45) is 3.47. The summed E-state index contributed by atoms with van der Waals surface area (Å²) in [7, 11) is 3.14. The Morgan fingerprint density at radius 3 is 2.56 bits per heavy atom. The minimum absolute atomic E-state index is 0.0921. The largest absolute Gasteiger partial charge is 0.493 e. The van der Waals surface area contributed by atoms with Gasteiger partial charge in [0.05, 0.1) is 25.7 Å². The molecule has 2 aromatic rings. The summed E-state index contributed by atoms with van der Waals surface area (Å²) in [5.41, 5.74) is 3.10. The highest BCUT2D eigenvalue weighted by Crippen LogP contribution is 2.40. The van der Waals surface area contributed by atoms with Gasteiger partial charge in [-0.3, -0.25) is 4.79 Å². The molecular formula is C22H21NO3S. The van der Waals surface area contributed by atoms with Gasteiger partial charge in [0.1, 0.15) is 6.07 Å². The molecule has 27 heavy (non-hydrogen) atoms. The SMILES string of the molecule is COc1ccc(/C(C#N)=C(\SC)C2CCc3ccccc3C2=O)cc1OC. The summed E-state index contributed by atoms with van der Waals surface area (Å²) in [6, 6.07) is 15.4. The molecule has 0 aromatic heterocycles. The Balaban J connectivity index is 2.08. The highest BCUT2D eigenvalue weighted by Gasteiger charge is 2.31. The third-order valence-corrected chi connectivity index (χ3v) is 5.80. The molecule has 3 rings (SSSR count). The number of hydrogen-bond donors (Lipinski definition) is 0. The molecule has 0 aliphatic heterocycles. The summed E-state index contributed by atoms with van der Waals surface area (Å²) >= 11 is 1.47. The minimum atomic E-state index is -0.294. The van der Waals surface area contributed by atoms with Gasteiger partial charge in [0.2, 0.25) is 0 Å². The average molecular weight is 379 g/mol. The summed E-state index contributed by atoms with van der Waals surface area (Å²) < 4.78 is 10.6. The highest BCUT2D eigenvalue weighted by molar-refractivity contribution is 8.02. The highest BCUT2D eigenvalue weighted by atomic mass is 32.2. The van der Waals surface area contributed by atoms with Crippen molar-refractivity contribution >= 4 is 23.1 Å². The van der Waals surface area contributed by atoms with Crippen LogP contribution in [0.25, 0.3) is 5.57 Å². The summed E-state index contributed by atoms with van der Waals surface area (Å²) in [5.74, 6) is 0.961. The zero-order valence-electron chi connectivity index (χ0n) is 15.6. The number of thioether (sulfide) groups is 1. The number of aryl methyl sites for hydroxylation is 1. The molecule has 1 aliphatic rings. The number of carbonyl (C=O) groups excluding carboxylic acids is 1. The van der Waals surface area contributed by atoms with E-state index < -0.39 is 0 Å². The van der Waals surface area contributed by atoms with Crippen molar-refractivity contribution in [3.8, 4) is 17.6 Å². The minimum Gasteiger partial charge on any atom is -0.493 e. The van der Waals surface area contributed by atoms with Crippen molar-refractivity contribution in [1.29, 1.82) is 5.26 Å². The van der Waals surface area contributed by atoms with E-state index in [9.17, 15) is 10.1 Å². The molecule has 5 heteroatoms. The van der Waals surface area contributed by atoms with Crippen LogP contribution in [-0.2, 0) is 6.42 Å². The Labute approximate surface area is 163 Å². The van der Waals surface area contributed by atoms with Gasteiger partial charge in [0, 0.05) is 10.5 Å². The number of ketones is 1. The maximum absolute atomic E-state index is 13.1. The van der Waals surface area contributed by atoms with E-state index in [0.717, 1.165) is 28.0 Å². The number of methoxy groups -OCH3 is 2. The first-order valence-corrected chi connectivity index (χ1v) is 9.89. The second kappa shape index (κ2) is 8.32. The third-order valence-electron chi connectivity index (χ3n) is 4.87. The number of Topliss-reactive ketones (excluding diaryl/α,β-unsaturated/α-hetero) is 1. The number of nitriles is 1. The van der Waals surface area contributed by atoms with Crippen LogP contribution in [0.2, 0.25) is 0 Å². The second-order valence-corrected chi connectivity index (χ2v) is 7.09. The van der Waals surface area contributed by atoms with Gasteiger partial charge in [0.25, 0.3) is 0 Å². The molecule has 0 spiro atoms. The van der Waals surface area contributed by atoms with Gasteiger partial charge in [-0.1, -0.05) is 24.3 Å². The predicted molar refractivity (Wildman–Crippen MR) is 108 cm³/mol. The number of benzene rings is 2. The fourth-order valence-corrected chi connectivity index (χ4v) is 4.40. The molecule has 0 fully saturated rings. The van der Waals surface area contributed by atoms with Crippen LogP contribution in [-0.4, -0.2) is 26.3 Å². The van der Waals surface area contributed by atoms with Crippen LogP contribution in [0.15, 0.2) is 47.4 Å². The van der Waals surface area contributed by atoms with Crippen molar-refractivity contribution in [2.24, 2.45) is 5.92 Å². The quantitative estimate of drug-likeness (QED) is 0.702. The average Bonchev–Trinajstić information content (AvgIpc) is 2.72. The third kappa shape index (κ3) is 3.58. The number of rotatable bonds is 5. The van der Waals surface area contributed by atoms with Crippen LogP contribution in [0, 0.1) is 17.2 Å². The van der Waals surface area contributed by atoms with Gasteiger partial charge in [0.15, 0.2) is 17.3 Å². The molecule has 0 heterocycles. The lowest BCUT2D eigenvalue weighted by Gasteiger charge is -2.25. The zero-order chi connectivity index (χ0) is 19.4. The van der Waals surface area contributed by atoms with Gasteiger partial charge in [-0.05, 0) is 48.4 Å². The Morgan fingerprint density at radius 1 is 1.15 bits per heavy atom. The number of carbonyl (C=O) groups is 1. The van der Waals surface area contributed by atoms with Crippen LogP contribution >= 0.6 is 11.8 Å². The first-order valence-electron chi connectivity index (χ1n) is 8.67. The number of nitrogens with zero attached hydrogens (tertiary/aromatic N) is 1. The lowest BCUT2D eigenvalue weighted by Crippen LogP contribution is -2.24. The standard InChI is InChI=1S/C22H21NO3S/c1-25-19-11-9-15(12-20(19)26-2)18(13-23)22(27-3)17-10-8-14-6-4-5-7-16(14)21(17)24/h4-7,9,11-12,17H,8,10H2,1-3H3/b22-18-. The van der Waals surface area contributed by atoms with E-state index in [1.165, 1.54) is 11.8 Å². The number of fused-ring (bicyclic) bond motifs is 1. The van der Waals surface area contributed by atoms with Crippen LogP contribution < -0.4 is 9.47 Å². The molecule has 0 N–H and O–H groups in total. The fourth-order valence-electron chi connectivity index (χ4n) is 3.52. The first-order chi connectivity index (χ1) is 13.1. The Morgan fingerprint density at radius 2 is 1.89 bits per heavy atom. The smallest absolute Gasteiger partial charge is 0.171 e. The van der Waals surface area contributed by atoms with E-state index >= 15 is 0 Å². The Hall–Kier alpha value is -2.71. The summed E-state index contributed by atoms with van der Waals surface area (Å²) in [4.78, 5) is 13.9. The second-order valence-electron chi connectivity index (χ2n) is 6.24. The molecule has 0 saturated heterocycles. The van der Waals surface area contributed by atoms with Crippen LogP contribution in [0.3, 0.4) is 0 Å². The fraction of sp³-hybridized carbons (Fsp3) is 0.273. The van der Waals surface area contributed by atoms with Crippen LogP contribution in [0.5, 0.6) is 11.5 Å².